The molecule has 0 aromatic heterocycles. The summed E-state index contributed by atoms with van der Waals surface area (Å²) in [5.74, 6) is 0.445. The number of ether oxygens (including phenoxy) is 3. The predicted molar refractivity (Wildman–Crippen MR) is 87.6 cm³/mol. The van der Waals surface area contributed by atoms with Gasteiger partial charge in [-0.25, -0.2) is 4.79 Å². The van der Waals surface area contributed by atoms with Crippen molar-refractivity contribution in [3.8, 4) is 11.5 Å². The maximum Gasteiger partial charge on any atom is 0.514 e. The van der Waals surface area contributed by atoms with Crippen LogP contribution in [0.4, 0.5) is 4.79 Å². The highest BCUT2D eigenvalue weighted by Gasteiger charge is 2.27. The van der Waals surface area contributed by atoms with Gasteiger partial charge in [0.05, 0.1) is 5.41 Å². The van der Waals surface area contributed by atoms with Crippen molar-refractivity contribution < 1.29 is 23.8 Å². The number of carbonyl (C=O) groups excluding carboxylic acids is 2. The molecule has 0 atom stereocenters. The normalized spacial score (nSPS) is 11.7. The van der Waals surface area contributed by atoms with Crippen molar-refractivity contribution in [2.45, 2.75) is 60.0 Å². The highest BCUT2D eigenvalue weighted by Crippen LogP contribution is 2.25. The van der Waals surface area contributed by atoms with Gasteiger partial charge in [0.1, 0.15) is 17.1 Å². The van der Waals surface area contributed by atoms with Gasteiger partial charge >= 0.3 is 12.1 Å². The van der Waals surface area contributed by atoms with Crippen LogP contribution in [0.1, 0.15) is 54.4 Å². The Hall–Kier alpha value is -2.04. The van der Waals surface area contributed by atoms with Crippen LogP contribution in [0.5, 0.6) is 11.5 Å². The number of carbonyl (C=O) groups is 2. The molecule has 5 nitrogen and oxygen atoms in total. The second-order valence-corrected chi connectivity index (χ2v) is 6.67. The Labute approximate surface area is 137 Å². The van der Waals surface area contributed by atoms with Gasteiger partial charge in [-0.05, 0) is 64.8 Å². The Balaban J connectivity index is 2.64. The van der Waals surface area contributed by atoms with Gasteiger partial charge in [0.25, 0.3) is 0 Å². The van der Waals surface area contributed by atoms with Crippen molar-refractivity contribution in [3.63, 3.8) is 0 Å². The molecule has 0 unspecified atom stereocenters. The van der Waals surface area contributed by atoms with E-state index in [1.807, 2.05) is 41.5 Å². The molecule has 0 bridgehead atoms. The number of hydrogen-bond donors (Lipinski definition) is 0. The summed E-state index contributed by atoms with van der Waals surface area (Å²) in [5, 5.41) is 0. The molecule has 0 aliphatic rings. The number of esters is 1. The van der Waals surface area contributed by atoms with E-state index in [2.05, 4.69) is 0 Å². The summed E-state index contributed by atoms with van der Waals surface area (Å²) in [6.45, 7) is 11.1. The monoisotopic (exact) mass is 322 g/mol. The van der Waals surface area contributed by atoms with Crippen molar-refractivity contribution in [2.24, 2.45) is 5.41 Å². The van der Waals surface area contributed by atoms with Crippen LogP contribution in [0.25, 0.3) is 0 Å². The van der Waals surface area contributed by atoms with Crippen molar-refractivity contribution in [2.75, 3.05) is 0 Å². The predicted octanol–water partition coefficient (Wildman–Crippen LogP) is 4.73. The molecule has 5 heteroatoms. The maximum absolute atomic E-state index is 12.0. The van der Waals surface area contributed by atoms with Crippen LogP contribution in [0, 0.1) is 5.41 Å². The summed E-state index contributed by atoms with van der Waals surface area (Å²) < 4.78 is 15.6. The molecule has 1 rings (SSSR count). The third kappa shape index (κ3) is 5.93. The lowest BCUT2D eigenvalue weighted by molar-refractivity contribution is -0.144. The van der Waals surface area contributed by atoms with Crippen LogP contribution in [-0.2, 0) is 9.53 Å². The average molecular weight is 322 g/mol. The molecule has 0 N–H and O–H groups in total. The van der Waals surface area contributed by atoms with E-state index in [0.29, 0.717) is 24.3 Å². The summed E-state index contributed by atoms with van der Waals surface area (Å²) in [4.78, 5) is 23.7. The smallest absolute Gasteiger partial charge is 0.428 e. The van der Waals surface area contributed by atoms with Crippen LogP contribution >= 0.6 is 0 Å². The summed E-state index contributed by atoms with van der Waals surface area (Å²) in [6.07, 6.45) is 0.615. The molecule has 0 saturated carbocycles. The van der Waals surface area contributed by atoms with E-state index in [0.717, 1.165) is 0 Å². The molecule has 0 aliphatic heterocycles. The van der Waals surface area contributed by atoms with Crippen molar-refractivity contribution >= 4 is 12.1 Å². The van der Waals surface area contributed by atoms with E-state index in [-0.39, 0.29) is 5.97 Å². The Kier molecular flexibility index (Phi) is 6.19. The molecule has 0 aliphatic carbocycles. The molecule has 0 spiro atoms. The van der Waals surface area contributed by atoms with E-state index >= 15 is 0 Å². The van der Waals surface area contributed by atoms with Gasteiger partial charge in [-0.1, -0.05) is 13.8 Å². The molecule has 1 aromatic rings. The Morgan fingerprint density at radius 2 is 1.35 bits per heavy atom. The zero-order valence-corrected chi connectivity index (χ0v) is 14.8. The van der Waals surface area contributed by atoms with Gasteiger partial charge in [-0.3, -0.25) is 4.79 Å². The van der Waals surface area contributed by atoms with Crippen LogP contribution in [0.15, 0.2) is 24.3 Å². The highest BCUT2D eigenvalue weighted by atomic mass is 16.7. The minimum Gasteiger partial charge on any atom is -0.428 e. The molecule has 0 amide bonds. The average Bonchev–Trinajstić information content (AvgIpc) is 2.48. The van der Waals surface area contributed by atoms with Crippen LogP contribution < -0.4 is 9.47 Å². The second kappa shape index (κ2) is 7.49. The van der Waals surface area contributed by atoms with Gasteiger partial charge in [0.15, 0.2) is 0 Å². The minimum absolute atomic E-state index is 0.294. The lowest BCUT2D eigenvalue weighted by Crippen LogP contribution is -2.28. The van der Waals surface area contributed by atoms with E-state index in [1.54, 1.807) is 24.3 Å². The van der Waals surface area contributed by atoms with Gasteiger partial charge in [0, 0.05) is 0 Å². The Bertz CT molecular complexity index is 543. The highest BCUT2D eigenvalue weighted by molar-refractivity contribution is 5.78. The first-order chi connectivity index (χ1) is 10.6. The van der Waals surface area contributed by atoms with Crippen LogP contribution in [0.3, 0.4) is 0 Å². The third-order valence-electron chi connectivity index (χ3n) is 3.88. The van der Waals surface area contributed by atoms with Crippen molar-refractivity contribution in [3.05, 3.63) is 24.3 Å². The largest absolute Gasteiger partial charge is 0.514 e. The topological polar surface area (TPSA) is 61.8 Å². The maximum atomic E-state index is 12.0. The first-order valence-electron chi connectivity index (χ1n) is 7.83. The first-order valence-corrected chi connectivity index (χ1v) is 7.83. The van der Waals surface area contributed by atoms with E-state index in [9.17, 15) is 9.59 Å². The van der Waals surface area contributed by atoms with Gasteiger partial charge in [-0.15, -0.1) is 0 Å². The summed E-state index contributed by atoms with van der Waals surface area (Å²) in [5.41, 5.74) is -1.11. The molecule has 0 fully saturated rings. The number of benzene rings is 1. The quantitative estimate of drug-likeness (QED) is 0.430. The SMILES string of the molecule is CCC(C)(C)OC(=O)Oc1ccc(OC(=O)C(C)(C)CC)cc1. The summed E-state index contributed by atoms with van der Waals surface area (Å²) in [7, 11) is 0. The number of hydrogen-bond acceptors (Lipinski definition) is 5. The minimum atomic E-state index is -0.756. The Morgan fingerprint density at radius 1 is 0.870 bits per heavy atom. The van der Waals surface area contributed by atoms with Gasteiger partial charge in [-0.2, -0.15) is 0 Å². The second-order valence-electron chi connectivity index (χ2n) is 6.67. The fourth-order valence-electron chi connectivity index (χ4n) is 1.38. The fraction of sp³-hybridized carbons (Fsp3) is 0.556. The molecule has 0 radical (unpaired) electrons. The summed E-state index contributed by atoms with van der Waals surface area (Å²) in [6, 6.07) is 6.28. The Morgan fingerprint density at radius 3 is 1.78 bits per heavy atom. The molecule has 0 saturated heterocycles. The van der Waals surface area contributed by atoms with Gasteiger partial charge in [0.2, 0.25) is 0 Å². The van der Waals surface area contributed by atoms with Crippen molar-refractivity contribution in [1.82, 2.24) is 0 Å². The number of rotatable bonds is 6. The third-order valence-corrected chi connectivity index (χ3v) is 3.88. The first kappa shape index (κ1) is 19.0. The molecule has 128 valence electrons. The zero-order chi connectivity index (χ0) is 17.7. The van der Waals surface area contributed by atoms with E-state index in [1.165, 1.54) is 0 Å². The molecular weight excluding hydrogens is 296 g/mol. The van der Waals surface area contributed by atoms with Crippen LogP contribution in [0.2, 0.25) is 0 Å². The molecule has 23 heavy (non-hydrogen) atoms. The van der Waals surface area contributed by atoms with Crippen LogP contribution in [-0.4, -0.2) is 17.7 Å². The van der Waals surface area contributed by atoms with Gasteiger partial charge < -0.3 is 14.2 Å². The zero-order valence-electron chi connectivity index (χ0n) is 14.8. The molecular formula is C18H26O5. The summed E-state index contributed by atoms with van der Waals surface area (Å²) >= 11 is 0. The fourth-order valence-corrected chi connectivity index (χ4v) is 1.38. The molecule has 0 heterocycles. The van der Waals surface area contributed by atoms with E-state index in [4.69, 9.17) is 14.2 Å². The standard InChI is InChI=1S/C18H26O5/c1-7-17(3,4)15(19)21-13-9-11-14(12-10-13)22-16(20)23-18(5,6)8-2/h9-12H,7-8H2,1-6H3. The van der Waals surface area contributed by atoms with Crippen molar-refractivity contribution in [1.29, 1.82) is 0 Å². The lowest BCUT2D eigenvalue weighted by Gasteiger charge is -2.22. The molecule has 1 aromatic carbocycles. The van der Waals surface area contributed by atoms with E-state index < -0.39 is 17.2 Å². The lowest BCUT2D eigenvalue weighted by atomic mass is 9.91.